The number of aromatic nitrogens is 2. The molecule has 0 spiro atoms. The van der Waals surface area contributed by atoms with Gasteiger partial charge in [-0.3, -0.25) is 9.59 Å². The Morgan fingerprint density at radius 3 is 2.79 bits per heavy atom. The van der Waals surface area contributed by atoms with Crippen LogP contribution in [0.2, 0.25) is 0 Å². The van der Waals surface area contributed by atoms with Crippen LogP contribution in [0.4, 0.5) is 0 Å². The zero-order valence-corrected chi connectivity index (χ0v) is 11.4. The maximum absolute atomic E-state index is 12.1. The van der Waals surface area contributed by atoms with Gasteiger partial charge in [0.1, 0.15) is 0 Å². The number of aryl methyl sites for hydroxylation is 1. The van der Waals surface area contributed by atoms with Crippen molar-refractivity contribution in [2.24, 2.45) is 5.92 Å². The molecule has 1 aromatic rings. The molecule has 2 rings (SSSR count). The molecular formula is C13H19N3O3. The van der Waals surface area contributed by atoms with E-state index in [0.29, 0.717) is 6.54 Å². The monoisotopic (exact) mass is 265 g/mol. The van der Waals surface area contributed by atoms with Crippen molar-refractivity contribution < 1.29 is 14.7 Å². The Balaban J connectivity index is 2.46. The largest absolute Gasteiger partial charge is 0.481 e. The van der Waals surface area contributed by atoms with Crippen LogP contribution in [-0.2, 0) is 16.1 Å². The summed E-state index contributed by atoms with van der Waals surface area (Å²) in [6.07, 6.45) is 3.40. The molecule has 1 fully saturated rings. The third kappa shape index (κ3) is 2.22. The van der Waals surface area contributed by atoms with Gasteiger partial charge < -0.3 is 14.6 Å². The Hall–Kier alpha value is -1.85. The van der Waals surface area contributed by atoms with E-state index in [1.54, 1.807) is 17.4 Å². The fourth-order valence-electron chi connectivity index (χ4n) is 2.78. The zero-order valence-electron chi connectivity index (χ0n) is 11.4. The van der Waals surface area contributed by atoms with E-state index >= 15 is 0 Å². The quantitative estimate of drug-likeness (QED) is 0.890. The van der Waals surface area contributed by atoms with Crippen LogP contribution in [0.15, 0.2) is 12.5 Å². The molecule has 1 amide bonds. The number of aliphatic carboxylic acids is 1. The maximum Gasteiger partial charge on any atom is 0.309 e. The lowest BCUT2D eigenvalue weighted by Gasteiger charge is -2.30. The Morgan fingerprint density at radius 2 is 2.26 bits per heavy atom. The topological polar surface area (TPSA) is 75.4 Å². The number of carbonyl (C=O) groups is 2. The minimum atomic E-state index is -0.926. The lowest BCUT2D eigenvalue weighted by molar-refractivity contribution is -0.142. The standard InChI is InChI=1S/C13H19N3O3/c1-4-15-7-14-6-10(15)12-9(13(18)19)5-11(17)16(12)8(2)3/h6-9,12H,4-5H2,1-3H3,(H,18,19). The summed E-state index contributed by atoms with van der Waals surface area (Å²) in [5.74, 6) is -1.72. The number of nitrogens with zero attached hydrogens (tertiary/aromatic N) is 3. The fraction of sp³-hybridized carbons (Fsp3) is 0.615. The van der Waals surface area contributed by atoms with Gasteiger partial charge in [0.25, 0.3) is 0 Å². The number of likely N-dealkylation sites (tertiary alicyclic amines) is 1. The molecule has 0 aliphatic carbocycles. The molecule has 0 bridgehead atoms. The van der Waals surface area contributed by atoms with Gasteiger partial charge >= 0.3 is 5.97 Å². The number of imidazole rings is 1. The molecule has 6 heteroatoms. The van der Waals surface area contributed by atoms with E-state index in [-0.39, 0.29) is 18.4 Å². The normalized spacial score (nSPS) is 23.4. The van der Waals surface area contributed by atoms with Crippen molar-refractivity contribution in [3.05, 3.63) is 18.2 Å². The smallest absolute Gasteiger partial charge is 0.309 e. The van der Waals surface area contributed by atoms with Crippen LogP contribution in [0.3, 0.4) is 0 Å². The summed E-state index contributed by atoms with van der Waals surface area (Å²) in [5.41, 5.74) is 0.800. The summed E-state index contributed by atoms with van der Waals surface area (Å²) < 4.78 is 1.90. The molecule has 1 aromatic heterocycles. The van der Waals surface area contributed by atoms with Crippen molar-refractivity contribution in [1.29, 1.82) is 0 Å². The molecule has 19 heavy (non-hydrogen) atoms. The van der Waals surface area contributed by atoms with Crippen molar-refractivity contribution in [3.8, 4) is 0 Å². The second-order valence-corrected chi connectivity index (χ2v) is 5.09. The Kier molecular flexibility index (Phi) is 3.59. The van der Waals surface area contributed by atoms with E-state index in [1.807, 2.05) is 25.3 Å². The van der Waals surface area contributed by atoms with Crippen LogP contribution in [0.1, 0.15) is 38.9 Å². The van der Waals surface area contributed by atoms with Gasteiger partial charge in [-0.15, -0.1) is 0 Å². The Labute approximate surface area is 112 Å². The van der Waals surface area contributed by atoms with E-state index < -0.39 is 17.9 Å². The van der Waals surface area contributed by atoms with E-state index in [1.165, 1.54) is 0 Å². The van der Waals surface area contributed by atoms with Gasteiger partial charge in [0.15, 0.2) is 0 Å². The van der Waals surface area contributed by atoms with Crippen LogP contribution in [0.25, 0.3) is 0 Å². The molecule has 2 heterocycles. The number of hydrogen-bond acceptors (Lipinski definition) is 3. The van der Waals surface area contributed by atoms with E-state index in [4.69, 9.17) is 0 Å². The number of carboxylic acid groups (broad SMARTS) is 1. The van der Waals surface area contributed by atoms with Gasteiger partial charge in [-0.2, -0.15) is 0 Å². The number of amides is 1. The van der Waals surface area contributed by atoms with Gasteiger partial charge in [0.2, 0.25) is 5.91 Å². The van der Waals surface area contributed by atoms with Crippen molar-refractivity contribution in [3.63, 3.8) is 0 Å². The average Bonchev–Trinajstić information content (AvgIpc) is 2.91. The molecule has 0 aromatic carbocycles. The highest BCUT2D eigenvalue weighted by Gasteiger charge is 2.46. The number of hydrogen-bond donors (Lipinski definition) is 1. The Bertz CT molecular complexity index is 495. The molecule has 2 unspecified atom stereocenters. The highest BCUT2D eigenvalue weighted by molar-refractivity contribution is 5.87. The minimum Gasteiger partial charge on any atom is -0.481 e. The molecule has 2 atom stereocenters. The Morgan fingerprint density at radius 1 is 1.58 bits per heavy atom. The van der Waals surface area contributed by atoms with E-state index in [2.05, 4.69) is 4.98 Å². The van der Waals surface area contributed by atoms with Crippen LogP contribution >= 0.6 is 0 Å². The van der Waals surface area contributed by atoms with Crippen LogP contribution in [0, 0.1) is 5.92 Å². The summed E-state index contributed by atoms with van der Waals surface area (Å²) in [5, 5.41) is 9.35. The summed E-state index contributed by atoms with van der Waals surface area (Å²) in [4.78, 5) is 29.2. The van der Waals surface area contributed by atoms with Crippen LogP contribution in [-0.4, -0.2) is 37.5 Å². The molecule has 1 saturated heterocycles. The molecule has 1 N–H and O–H groups in total. The second kappa shape index (κ2) is 5.03. The van der Waals surface area contributed by atoms with E-state index in [0.717, 1.165) is 5.69 Å². The fourth-order valence-corrected chi connectivity index (χ4v) is 2.78. The first-order chi connectivity index (χ1) is 8.97. The minimum absolute atomic E-state index is 0.0259. The number of rotatable bonds is 4. The SMILES string of the molecule is CCn1cncc1C1C(C(=O)O)CC(=O)N1C(C)C. The summed E-state index contributed by atoms with van der Waals surface area (Å²) in [6, 6.07) is -0.450. The summed E-state index contributed by atoms with van der Waals surface area (Å²) in [6.45, 7) is 6.49. The lowest BCUT2D eigenvalue weighted by atomic mass is 9.97. The summed E-state index contributed by atoms with van der Waals surface area (Å²) in [7, 11) is 0. The molecule has 1 aliphatic rings. The lowest BCUT2D eigenvalue weighted by Crippen LogP contribution is -2.37. The molecule has 0 saturated carbocycles. The predicted octanol–water partition coefficient (Wildman–Crippen LogP) is 1.29. The molecule has 6 nitrogen and oxygen atoms in total. The molecule has 0 radical (unpaired) electrons. The maximum atomic E-state index is 12.1. The first kappa shape index (κ1) is 13.6. The average molecular weight is 265 g/mol. The van der Waals surface area contributed by atoms with Crippen molar-refractivity contribution >= 4 is 11.9 Å². The first-order valence-electron chi connectivity index (χ1n) is 6.51. The zero-order chi connectivity index (χ0) is 14.2. The van der Waals surface area contributed by atoms with Gasteiger partial charge in [-0.1, -0.05) is 0 Å². The van der Waals surface area contributed by atoms with Gasteiger partial charge in [-0.25, -0.2) is 4.98 Å². The van der Waals surface area contributed by atoms with Crippen molar-refractivity contribution in [2.45, 2.75) is 45.8 Å². The second-order valence-electron chi connectivity index (χ2n) is 5.09. The molecular weight excluding hydrogens is 246 g/mol. The van der Waals surface area contributed by atoms with E-state index in [9.17, 15) is 14.7 Å². The van der Waals surface area contributed by atoms with Gasteiger partial charge in [0.05, 0.1) is 30.2 Å². The predicted molar refractivity (Wildman–Crippen MR) is 68.4 cm³/mol. The van der Waals surface area contributed by atoms with Crippen LogP contribution < -0.4 is 0 Å². The van der Waals surface area contributed by atoms with Crippen molar-refractivity contribution in [1.82, 2.24) is 14.5 Å². The van der Waals surface area contributed by atoms with Gasteiger partial charge in [0, 0.05) is 19.0 Å². The highest BCUT2D eigenvalue weighted by atomic mass is 16.4. The highest BCUT2D eigenvalue weighted by Crippen LogP contribution is 2.39. The third-order valence-corrected chi connectivity index (χ3v) is 3.63. The first-order valence-corrected chi connectivity index (χ1v) is 6.51. The van der Waals surface area contributed by atoms with Crippen LogP contribution in [0.5, 0.6) is 0 Å². The van der Waals surface area contributed by atoms with Gasteiger partial charge in [-0.05, 0) is 20.8 Å². The molecule has 104 valence electrons. The number of carbonyl (C=O) groups excluding carboxylic acids is 1. The number of carboxylic acids is 1. The summed E-state index contributed by atoms with van der Waals surface area (Å²) >= 11 is 0. The molecule has 1 aliphatic heterocycles. The van der Waals surface area contributed by atoms with Crippen molar-refractivity contribution in [2.75, 3.05) is 0 Å². The third-order valence-electron chi connectivity index (χ3n) is 3.63.